The molecular weight excluding hydrogens is 880 g/mol. The average molecular weight is 975 g/mol. The van der Waals surface area contributed by atoms with Gasteiger partial charge in [0.15, 0.2) is 6.10 Å². The lowest BCUT2D eigenvalue weighted by Gasteiger charge is -2.21. The summed E-state index contributed by atoms with van der Waals surface area (Å²) in [6.45, 7) is 4.36. The van der Waals surface area contributed by atoms with Crippen LogP contribution in [0.1, 0.15) is 213 Å². The predicted molar refractivity (Wildman–Crippen MR) is 279 cm³/mol. The van der Waals surface area contributed by atoms with Gasteiger partial charge in [0, 0.05) is 19.3 Å². The third-order valence-corrected chi connectivity index (χ3v) is 11.7. The molecule has 0 saturated heterocycles. The van der Waals surface area contributed by atoms with Gasteiger partial charge in [-0.3, -0.25) is 23.4 Å². The molecule has 2 N–H and O–H groups in total. The number of hydrogen-bond donors (Lipinski definition) is 2. The minimum Gasteiger partial charge on any atom is -0.462 e. The Balaban J connectivity index is 4.83. The summed E-state index contributed by atoms with van der Waals surface area (Å²) in [5.41, 5.74) is 0. The molecular formula is C56H95O11P. The van der Waals surface area contributed by atoms with Crippen molar-refractivity contribution < 1.29 is 52.2 Å². The molecule has 0 aliphatic rings. The van der Waals surface area contributed by atoms with Crippen LogP contribution in [0.2, 0.25) is 0 Å². The summed E-state index contributed by atoms with van der Waals surface area (Å²) >= 11 is 0. The fourth-order valence-electron chi connectivity index (χ4n) is 6.78. The summed E-state index contributed by atoms with van der Waals surface area (Å²) in [6, 6.07) is 0. The normalized spacial score (nSPS) is 14.1. The summed E-state index contributed by atoms with van der Waals surface area (Å²) in [7, 11) is -4.76. The van der Waals surface area contributed by atoms with Crippen molar-refractivity contribution in [3.63, 3.8) is 0 Å². The molecule has 0 radical (unpaired) electrons. The number of hydrogen-bond acceptors (Lipinski definition) is 10. The Morgan fingerprint density at radius 2 is 0.809 bits per heavy atom. The van der Waals surface area contributed by atoms with E-state index in [4.69, 9.17) is 23.3 Å². The standard InChI is InChI=1S/C56H95O11P/c1-4-7-10-13-16-19-22-24-25-26-27-29-32-35-38-41-44-47-56(60)67-53(49-63-54(58)45-42-39-36-33-30-21-18-15-12-9-6-3)51-65-68(61,62)64-50-52(48-57)66-55(59)46-43-40-37-34-31-28-23-20-17-14-11-8-5-2/h7,10-11,14,16,19-20,23-25,27,29,35,38,52-53,57H,4-6,8-9,12-13,15,17-18,21-22,26,28,30-34,36-37,39-51H2,1-3H3,(H,61,62)/b10-7-,14-11-,19-16-,23-20-,25-24-,29-27-,38-35-. The van der Waals surface area contributed by atoms with Crippen LogP contribution in [0.5, 0.6) is 0 Å². The van der Waals surface area contributed by atoms with Gasteiger partial charge in [0.2, 0.25) is 0 Å². The minimum atomic E-state index is -4.76. The summed E-state index contributed by atoms with van der Waals surface area (Å²) in [6.07, 6.45) is 55.6. The van der Waals surface area contributed by atoms with E-state index in [-0.39, 0.29) is 25.9 Å². The van der Waals surface area contributed by atoms with E-state index in [1.165, 1.54) is 44.9 Å². The number of carbonyl (C=O) groups is 3. The first-order valence-electron chi connectivity index (χ1n) is 26.5. The molecule has 390 valence electrons. The molecule has 68 heavy (non-hydrogen) atoms. The van der Waals surface area contributed by atoms with Crippen LogP contribution in [0.25, 0.3) is 0 Å². The number of ether oxygens (including phenoxy) is 3. The Morgan fingerprint density at radius 1 is 0.426 bits per heavy atom. The first kappa shape index (κ1) is 64.7. The Kier molecular flexibility index (Phi) is 47.6. The van der Waals surface area contributed by atoms with Gasteiger partial charge in [0.25, 0.3) is 0 Å². The zero-order chi connectivity index (χ0) is 49.9. The Morgan fingerprint density at radius 3 is 1.29 bits per heavy atom. The number of allylic oxidation sites excluding steroid dienone is 14. The zero-order valence-electron chi connectivity index (χ0n) is 42.8. The monoisotopic (exact) mass is 975 g/mol. The second-order valence-corrected chi connectivity index (χ2v) is 18.8. The predicted octanol–water partition coefficient (Wildman–Crippen LogP) is 15.1. The highest BCUT2D eigenvalue weighted by Crippen LogP contribution is 2.43. The van der Waals surface area contributed by atoms with E-state index in [0.717, 1.165) is 103 Å². The highest BCUT2D eigenvalue weighted by Gasteiger charge is 2.28. The lowest BCUT2D eigenvalue weighted by molar-refractivity contribution is -0.161. The first-order chi connectivity index (χ1) is 33.2. The van der Waals surface area contributed by atoms with E-state index in [2.05, 4.69) is 93.7 Å². The van der Waals surface area contributed by atoms with Crippen LogP contribution in [0.4, 0.5) is 0 Å². The number of phosphoric acid groups is 1. The second kappa shape index (κ2) is 50.1. The first-order valence-corrected chi connectivity index (χ1v) is 28.0. The van der Waals surface area contributed by atoms with E-state index >= 15 is 0 Å². The molecule has 0 aromatic heterocycles. The lowest BCUT2D eigenvalue weighted by atomic mass is 10.1. The number of carbonyl (C=O) groups excluding carboxylic acids is 3. The van der Waals surface area contributed by atoms with Gasteiger partial charge in [-0.15, -0.1) is 0 Å². The molecule has 0 saturated carbocycles. The number of aliphatic hydroxyl groups is 1. The number of unbranched alkanes of at least 4 members (excludes halogenated alkanes) is 17. The molecule has 0 fully saturated rings. The molecule has 3 atom stereocenters. The lowest BCUT2D eigenvalue weighted by Crippen LogP contribution is -2.30. The van der Waals surface area contributed by atoms with Crippen LogP contribution < -0.4 is 0 Å². The highest BCUT2D eigenvalue weighted by molar-refractivity contribution is 7.47. The molecule has 11 nitrogen and oxygen atoms in total. The molecule has 0 spiro atoms. The van der Waals surface area contributed by atoms with Crippen molar-refractivity contribution in [3.8, 4) is 0 Å². The summed E-state index contributed by atoms with van der Waals surface area (Å²) in [5.74, 6) is -1.55. The van der Waals surface area contributed by atoms with Crippen LogP contribution in [-0.4, -0.2) is 66.5 Å². The van der Waals surface area contributed by atoms with Crippen molar-refractivity contribution in [2.75, 3.05) is 26.4 Å². The SMILES string of the molecule is CC/C=C\C/C=C\C/C=C\C/C=C\C/C=C\CCCC(=O)OC(COC(=O)CCCCCCCCCCCCC)COP(=O)(O)OCC(CO)OC(=O)CCCCCCC/C=C\C/C=C\CCC. The number of aliphatic hydroxyl groups excluding tert-OH is 1. The number of esters is 3. The Bertz CT molecular complexity index is 1460. The second-order valence-electron chi connectivity index (χ2n) is 17.3. The molecule has 12 heteroatoms. The zero-order valence-corrected chi connectivity index (χ0v) is 43.7. The molecule has 0 aromatic carbocycles. The van der Waals surface area contributed by atoms with Gasteiger partial charge in [-0.2, -0.15) is 0 Å². The van der Waals surface area contributed by atoms with Crippen molar-refractivity contribution in [2.24, 2.45) is 0 Å². The molecule has 0 bridgehead atoms. The topological polar surface area (TPSA) is 155 Å². The third-order valence-electron chi connectivity index (χ3n) is 10.8. The van der Waals surface area contributed by atoms with Crippen LogP contribution in [0, 0.1) is 0 Å². The van der Waals surface area contributed by atoms with E-state index in [9.17, 15) is 28.9 Å². The fourth-order valence-corrected chi connectivity index (χ4v) is 7.57. The quantitative estimate of drug-likeness (QED) is 0.0197. The van der Waals surface area contributed by atoms with Gasteiger partial charge in [0.05, 0.1) is 19.8 Å². The molecule has 0 amide bonds. The highest BCUT2D eigenvalue weighted by atomic mass is 31.2. The number of rotatable bonds is 48. The van der Waals surface area contributed by atoms with Crippen molar-refractivity contribution in [1.82, 2.24) is 0 Å². The van der Waals surface area contributed by atoms with E-state index in [1.54, 1.807) is 0 Å². The van der Waals surface area contributed by atoms with E-state index in [0.29, 0.717) is 25.7 Å². The Labute approximate surface area is 413 Å². The van der Waals surface area contributed by atoms with Gasteiger partial charge >= 0.3 is 25.7 Å². The van der Waals surface area contributed by atoms with Crippen molar-refractivity contribution in [1.29, 1.82) is 0 Å². The molecule has 0 aliphatic heterocycles. The van der Waals surface area contributed by atoms with Gasteiger partial charge in [-0.25, -0.2) is 4.57 Å². The van der Waals surface area contributed by atoms with Crippen LogP contribution in [0.3, 0.4) is 0 Å². The number of phosphoric ester groups is 1. The Hall–Kier alpha value is -3.34. The van der Waals surface area contributed by atoms with Gasteiger partial charge in [-0.05, 0) is 83.5 Å². The van der Waals surface area contributed by atoms with E-state index in [1.807, 2.05) is 12.2 Å². The third kappa shape index (κ3) is 47.7. The van der Waals surface area contributed by atoms with Crippen molar-refractivity contribution in [2.45, 2.75) is 226 Å². The molecule has 0 rings (SSSR count). The van der Waals surface area contributed by atoms with Gasteiger partial charge in [-0.1, -0.05) is 196 Å². The molecule has 0 aromatic rings. The van der Waals surface area contributed by atoms with Crippen molar-refractivity contribution >= 4 is 25.7 Å². The maximum atomic E-state index is 12.8. The molecule has 3 unspecified atom stereocenters. The van der Waals surface area contributed by atoms with Crippen LogP contribution >= 0.6 is 7.82 Å². The van der Waals surface area contributed by atoms with Crippen molar-refractivity contribution in [3.05, 3.63) is 85.1 Å². The summed E-state index contributed by atoms with van der Waals surface area (Å²) < 4.78 is 39.3. The maximum absolute atomic E-state index is 12.8. The largest absolute Gasteiger partial charge is 0.472 e. The fraction of sp³-hybridized carbons (Fsp3) is 0.696. The van der Waals surface area contributed by atoms with Crippen LogP contribution in [0.15, 0.2) is 85.1 Å². The molecule has 0 heterocycles. The molecule has 0 aliphatic carbocycles. The maximum Gasteiger partial charge on any atom is 0.472 e. The van der Waals surface area contributed by atoms with Gasteiger partial charge in [0.1, 0.15) is 12.7 Å². The van der Waals surface area contributed by atoms with E-state index < -0.39 is 57.8 Å². The smallest absolute Gasteiger partial charge is 0.462 e. The minimum absolute atomic E-state index is 0.0867. The average Bonchev–Trinajstić information content (AvgIpc) is 3.32. The summed E-state index contributed by atoms with van der Waals surface area (Å²) in [5, 5.41) is 9.77. The van der Waals surface area contributed by atoms with Crippen LogP contribution in [-0.2, 0) is 42.2 Å². The van der Waals surface area contributed by atoms with Gasteiger partial charge < -0.3 is 24.2 Å². The summed E-state index contributed by atoms with van der Waals surface area (Å²) in [4.78, 5) is 48.3.